The van der Waals surface area contributed by atoms with Crippen LogP contribution in [0, 0.1) is 5.41 Å². The lowest BCUT2D eigenvalue weighted by Gasteiger charge is -2.32. The Balaban J connectivity index is 1.51. The molecule has 5 heteroatoms. The van der Waals surface area contributed by atoms with Crippen molar-refractivity contribution in [1.29, 1.82) is 5.41 Å². The molecule has 1 saturated carbocycles. The number of nitrogens with one attached hydrogen (secondary N) is 1. The molecular formula is C24H25ClN2O2. The van der Waals surface area contributed by atoms with Crippen molar-refractivity contribution in [2.45, 2.75) is 56.5 Å². The molecule has 4 nitrogen and oxygen atoms in total. The van der Waals surface area contributed by atoms with Crippen molar-refractivity contribution < 1.29 is 9.84 Å². The van der Waals surface area contributed by atoms with Crippen LogP contribution in [0.2, 0.25) is 5.02 Å². The van der Waals surface area contributed by atoms with Gasteiger partial charge in [-0.25, -0.2) is 0 Å². The molecule has 2 aromatic carbocycles. The maximum atomic E-state index is 10.3. The van der Waals surface area contributed by atoms with Crippen molar-refractivity contribution in [3.05, 3.63) is 70.4 Å². The van der Waals surface area contributed by atoms with Crippen LogP contribution in [0.1, 0.15) is 54.5 Å². The lowest BCUT2D eigenvalue weighted by atomic mass is 10.0. The second-order valence-corrected chi connectivity index (χ2v) is 8.72. The van der Waals surface area contributed by atoms with E-state index in [9.17, 15) is 5.11 Å². The number of hydrogen-bond donors (Lipinski definition) is 2. The third kappa shape index (κ3) is 3.73. The van der Waals surface area contributed by atoms with Gasteiger partial charge in [-0.2, -0.15) is 0 Å². The molecule has 2 N–H and O–H groups in total. The van der Waals surface area contributed by atoms with Crippen molar-refractivity contribution in [2.24, 2.45) is 0 Å². The van der Waals surface area contributed by atoms with Crippen molar-refractivity contribution in [3.63, 3.8) is 0 Å². The van der Waals surface area contributed by atoms with E-state index in [-0.39, 0.29) is 12.3 Å². The highest BCUT2D eigenvalue weighted by Crippen LogP contribution is 2.40. The first-order valence-corrected chi connectivity index (χ1v) is 10.7. The molecule has 1 aromatic heterocycles. The molecule has 0 radical (unpaired) electrons. The molecule has 0 bridgehead atoms. The Bertz CT molecular complexity index is 1040. The zero-order chi connectivity index (χ0) is 20.0. The number of aromatic nitrogens is 1. The van der Waals surface area contributed by atoms with Crippen LogP contribution < -0.4 is 0 Å². The highest BCUT2D eigenvalue weighted by Gasteiger charge is 2.30. The van der Waals surface area contributed by atoms with Crippen LogP contribution in [0.5, 0.6) is 0 Å². The number of ether oxygens (including phenoxy) is 1. The van der Waals surface area contributed by atoms with Crippen LogP contribution in [-0.2, 0) is 11.2 Å². The van der Waals surface area contributed by atoms with E-state index in [1.165, 1.54) is 30.2 Å². The second kappa shape index (κ2) is 7.60. The van der Waals surface area contributed by atoms with Crippen molar-refractivity contribution in [2.75, 3.05) is 0 Å². The summed E-state index contributed by atoms with van der Waals surface area (Å²) >= 11 is 6.60. The number of aliphatic hydroxyl groups excluding tert-OH is 1. The number of rotatable bonds is 5. The van der Waals surface area contributed by atoms with Gasteiger partial charge in [0.25, 0.3) is 0 Å². The molecule has 2 aliphatic rings. The summed E-state index contributed by atoms with van der Waals surface area (Å²) < 4.78 is 8.15. The molecule has 1 saturated heterocycles. The van der Waals surface area contributed by atoms with E-state index in [0.717, 1.165) is 33.8 Å². The van der Waals surface area contributed by atoms with Gasteiger partial charge >= 0.3 is 0 Å². The van der Waals surface area contributed by atoms with E-state index < -0.39 is 6.10 Å². The van der Waals surface area contributed by atoms with Gasteiger partial charge in [0.15, 0.2) is 0 Å². The van der Waals surface area contributed by atoms with Gasteiger partial charge in [0.1, 0.15) is 6.23 Å². The standard InChI is InChI=1S/C24H25ClN2O2/c25-21-2-1-3-22-24(21)18(10-15-4-6-16(7-5-15)17-8-9-17)14-27(22)23-12-19(28)11-20(13-26)29-23/h1-7,13-14,17,19-20,23,26,28H,8-12H2/t19-,20-,23+/m0/s1. The van der Waals surface area contributed by atoms with E-state index in [1.54, 1.807) is 0 Å². The Kier molecular flexibility index (Phi) is 4.94. The largest absolute Gasteiger partial charge is 0.393 e. The summed E-state index contributed by atoms with van der Waals surface area (Å²) in [4.78, 5) is 0. The van der Waals surface area contributed by atoms with Crippen molar-refractivity contribution in [1.82, 2.24) is 4.57 Å². The Hall–Kier alpha value is -2.14. The van der Waals surface area contributed by atoms with E-state index in [1.807, 2.05) is 18.2 Å². The van der Waals surface area contributed by atoms with Crippen molar-refractivity contribution >= 4 is 28.7 Å². The summed E-state index contributed by atoms with van der Waals surface area (Å²) in [6.07, 6.45) is 6.63. The molecule has 0 unspecified atom stereocenters. The Morgan fingerprint density at radius 2 is 1.93 bits per heavy atom. The van der Waals surface area contributed by atoms with Gasteiger partial charge < -0.3 is 19.8 Å². The average molecular weight is 409 g/mol. The lowest BCUT2D eigenvalue weighted by molar-refractivity contribution is -0.0998. The summed E-state index contributed by atoms with van der Waals surface area (Å²) in [7, 11) is 0. The molecule has 0 amide bonds. The lowest BCUT2D eigenvalue weighted by Crippen LogP contribution is -2.34. The third-order valence-electron chi connectivity index (χ3n) is 6.11. The Labute approximate surface area is 175 Å². The van der Waals surface area contributed by atoms with Crippen LogP contribution in [0.4, 0.5) is 0 Å². The van der Waals surface area contributed by atoms with E-state index >= 15 is 0 Å². The number of halogens is 1. The van der Waals surface area contributed by atoms with Gasteiger partial charge in [0, 0.05) is 30.6 Å². The number of nitrogens with zero attached hydrogens (tertiary/aromatic N) is 1. The zero-order valence-corrected chi connectivity index (χ0v) is 17.0. The van der Waals surface area contributed by atoms with Gasteiger partial charge in [-0.15, -0.1) is 0 Å². The number of fused-ring (bicyclic) bond motifs is 1. The van der Waals surface area contributed by atoms with E-state index in [2.05, 4.69) is 35.0 Å². The predicted octanol–water partition coefficient (Wildman–Crippen LogP) is 5.45. The van der Waals surface area contributed by atoms with Crippen LogP contribution in [0.3, 0.4) is 0 Å². The third-order valence-corrected chi connectivity index (χ3v) is 6.43. The molecule has 1 aliphatic heterocycles. The average Bonchev–Trinajstić information content (AvgIpc) is 3.50. The molecule has 5 rings (SSSR count). The smallest absolute Gasteiger partial charge is 0.137 e. The maximum absolute atomic E-state index is 10.3. The topological polar surface area (TPSA) is 58.2 Å². The van der Waals surface area contributed by atoms with E-state index in [4.69, 9.17) is 21.7 Å². The molecule has 29 heavy (non-hydrogen) atoms. The normalized spacial score (nSPS) is 24.7. The summed E-state index contributed by atoms with van der Waals surface area (Å²) in [5, 5.41) is 19.6. The first-order chi connectivity index (χ1) is 14.1. The quantitative estimate of drug-likeness (QED) is 0.551. The number of hydrogen-bond acceptors (Lipinski definition) is 3. The molecule has 3 atom stereocenters. The number of benzene rings is 2. The van der Waals surface area contributed by atoms with Crippen LogP contribution >= 0.6 is 11.6 Å². The van der Waals surface area contributed by atoms with Crippen LogP contribution in [0.25, 0.3) is 10.9 Å². The monoisotopic (exact) mass is 408 g/mol. The first kappa shape index (κ1) is 18.9. The molecular weight excluding hydrogens is 384 g/mol. The molecule has 0 spiro atoms. The second-order valence-electron chi connectivity index (χ2n) is 8.31. The van der Waals surface area contributed by atoms with Gasteiger partial charge in [0.2, 0.25) is 0 Å². The summed E-state index contributed by atoms with van der Waals surface area (Å²) in [6, 6.07) is 14.9. The molecule has 2 heterocycles. The molecule has 1 aliphatic carbocycles. The van der Waals surface area contributed by atoms with Crippen LogP contribution in [0.15, 0.2) is 48.7 Å². The van der Waals surface area contributed by atoms with Gasteiger partial charge in [-0.1, -0.05) is 41.9 Å². The highest BCUT2D eigenvalue weighted by molar-refractivity contribution is 6.35. The minimum Gasteiger partial charge on any atom is -0.393 e. The fourth-order valence-electron chi connectivity index (χ4n) is 4.46. The molecule has 3 aromatic rings. The first-order valence-electron chi connectivity index (χ1n) is 10.3. The highest BCUT2D eigenvalue weighted by atomic mass is 35.5. The number of aliphatic hydroxyl groups is 1. The molecule has 150 valence electrons. The van der Waals surface area contributed by atoms with Crippen molar-refractivity contribution in [3.8, 4) is 0 Å². The Morgan fingerprint density at radius 3 is 2.66 bits per heavy atom. The van der Waals surface area contributed by atoms with Gasteiger partial charge in [0.05, 0.1) is 22.7 Å². The minimum atomic E-state index is -0.476. The fourth-order valence-corrected chi connectivity index (χ4v) is 4.75. The minimum absolute atomic E-state index is 0.308. The summed E-state index contributed by atoms with van der Waals surface area (Å²) in [5.41, 5.74) is 4.86. The van der Waals surface area contributed by atoms with Gasteiger partial charge in [-0.3, -0.25) is 0 Å². The fraction of sp³-hybridized carbons (Fsp3) is 0.375. The van der Waals surface area contributed by atoms with Gasteiger partial charge in [-0.05, 0) is 54.0 Å². The zero-order valence-electron chi connectivity index (χ0n) is 16.2. The summed E-state index contributed by atoms with van der Waals surface area (Å²) in [5.74, 6) is 0.761. The van der Waals surface area contributed by atoms with E-state index in [0.29, 0.717) is 12.8 Å². The maximum Gasteiger partial charge on any atom is 0.137 e. The Morgan fingerprint density at radius 1 is 1.14 bits per heavy atom. The SMILES string of the molecule is N=C[C@@H]1C[C@H](O)C[C@H](n2cc(Cc3ccc(C4CC4)cc3)c3c(Cl)cccc32)O1. The predicted molar refractivity (Wildman–Crippen MR) is 116 cm³/mol. The molecule has 2 fully saturated rings. The van der Waals surface area contributed by atoms with Crippen LogP contribution in [-0.4, -0.2) is 28.1 Å². The summed E-state index contributed by atoms with van der Waals surface area (Å²) in [6.45, 7) is 0.